The monoisotopic (exact) mass is 245 g/mol. The van der Waals surface area contributed by atoms with Crippen LogP contribution >= 0.6 is 0 Å². The second kappa shape index (κ2) is 5.75. The Labute approximate surface area is 107 Å². The molecule has 0 radical (unpaired) electrons. The van der Waals surface area contributed by atoms with Gasteiger partial charge < -0.3 is 0 Å². The SMILES string of the molecule is Cc1ccc(CCC(NN)c2cnnn2C)cc1. The quantitative estimate of drug-likeness (QED) is 0.614. The first-order valence-corrected chi connectivity index (χ1v) is 6.07. The summed E-state index contributed by atoms with van der Waals surface area (Å²) in [6.45, 7) is 2.09. The summed E-state index contributed by atoms with van der Waals surface area (Å²) in [6.07, 6.45) is 3.64. The second-order valence-corrected chi connectivity index (χ2v) is 4.53. The molecule has 18 heavy (non-hydrogen) atoms. The summed E-state index contributed by atoms with van der Waals surface area (Å²) < 4.78 is 1.75. The maximum absolute atomic E-state index is 5.60. The summed E-state index contributed by atoms with van der Waals surface area (Å²) in [5, 5.41) is 7.80. The van der Waals surface area contributed by atoms with E-state index < -0.39 is 0 Å². The van der Waals surface area contributed by atoms with Crippen molar-refractivity contribution >= 4 is 0 Å². The number of hydrogen-bond donors (Lipinski definition) is 2. The van der Waals surface area contributed by atoms with Crippen molar-refractivity contribution in [3.8, 4) is 0 Å². The lowest BCUT2D eigenvalue weighted by Gasteiger charge is -2.15. The van der Waals surface area contributed by atoms with E-state index >= 15 is 0 Å². The van der Waals surface area contributed by atoms with E-state index in [2.05, 4.69) is 46.9 Å². The summed E-state index contributed by atoms with van der Waals surface area (Å²) in [5.74, 6) is 5.60. The zero-order valence-corrected chi connectivity index (χ0v) is 10.8. The largest absolute Gasteiger partial charge is 0.271 e. The van der Waals surface area contributed by atoms with E-state index in [0.29, 0.717) is 0 Å². The van der Waals surface area contributed by atoms with Crippen LogP contribution in [0.25, 0.3) is 0 Å². The molecule has 2 rings (SSSR count). The molecule has 3 N–H and O–H groups in total. The van der Waals surface area contributed by atoms with Gasteiger partial charge in [-0.15, -0.1) is 5.10 Å². The number of rotatable bonds is 5. The summed E-state index contributed by atoms with van der Waals surface area (Å²) in [4.78, 5) is 0. The molecular weight excluding hydrogens is 226 g/mol. The molecule has 1 atom stereocenters. The zero-order chi connectivity index (χ0) is 13.0. The first-order chi connectivity index (χ1) is 8.70. The molecule has 5 nitrogen and oxygen atoms in total. The van der Waals surface area contributed by atoms with Crippen molar-refractivity contribution < 1.29 is 0 Å². The molecular formula is C13H19N5. The van der Waals surface area contributed by atoms with Crippen LogP contribution in [0.15, 0.2) is 30.5 Å². The standard InChI is InChI=1S/C13H19N5/c1-10-3-5-11(6-4-10)7-8-12(16-14)13-9-15-17-18(13)2/h3-6,9,12,16H,7-8,14H2,1-2H3. The van der Waals surface area contributed by atoms with E-state index in [1.165, 1.54) is 11.1 Å². The minimum atomic E-state index is 0.0753. The molecule has 5 heteroatoms. The van der Waals surface area contributed by atoms with Gasteiger partial charge in [-0.2, -0.15) is 0 Å². The van der Waals surface area contributed by atoms with Crippen molar-refractivity contribution in [1.82, 2.24) is 20.4 Å². The van der Waals surface area contributed by atoms with Crippen LogP contribution in [-0.2, 0) is 13.5 Å². The Kier molecular flexibility index (Phi) is 4.07. The van der Waals surface area contributed by atoms with Gasteiger partial charge in [0.2, 0.25) is 0 Å². The molecule has 0 amide bonds. The average Bonchev–Trinajstić information content (AvgIpc) is 2.79. The Morgan fingerprint density at radius 1 is 1.33 bits per heavy atom. The molecule has 2 aromatic rings. The normalized spacial score (nSPS) is 12.6. The van der Waals surface area contributed by atoms with E-state index in [4.69, 9.17) is 5.84 Å². The first-order valence-electron chi connectivity index (χ1n) is 6.07. The molecule has 0 saturated carbocycles. The van der Waals surface area contributed by atoms with E-state index in [1.807, 2.05) is 7.05 Å². The van der Waals surface area contributed by atoms with Crippen molar-refractivity contribution in [3.63, 3.8) is 0 Å². The smallest absolute Gasteiger partial charge is 0.0766 e. The van der Waals surface area contributed by atoms with Crippen LogP contribution in [0.4, 0.5) is 0 Å². The van der Waals surface area contributed by atoms with Crippen LogP contribution in [0, 0.1) is 6.92 Å². The number of nitrogens with two attached hydrogens (primary N) is 1. The number of aryl methyl sites for hydroxylation is 3. The van der Waals surface area contributed by atoms with Gasteiger partial charge in [-0.25, -0.2) is 0 Å². The lowest BCUT2D eigenvalue weighted by Crippen LogP contribution is -2.30. The molecule has 0 aliphatic carbocycles. The summed E-state index contributed by atoms with van der Waals surface area (Å²) in [6, 6.07) is 8.65. The van der Waals surface area contributed by atoms with Gasteiger partial charge in [-0.1, -0.05) is 35.0 Å². The molecule has 1 heterocycles. The average molecular weight is 245 g/mol. The second-order valence-electron chi connectivity index (χ2n) is 4.53. The lowest BCUT2D eigenvalue weighted by atomic mass is 10.0. The van der Waals surface area contributed by atoms with Crippen LogP contribution in [0.1, 0.15) is 29.3 Å². The van der Waals surface area contributed by atoms with Crippen LogP contribution in [0.3, 0.4) is 0 Å². The number of aromatic nitrogens is 3. The number of hydrazine groups is 1. The van der Waals surface area contributed by atoms with Crippen molar-refractivity contribution in [2.75, 3.05) is 0 Å². The third-order valence-electron chi connectivity index (χ3n) is 3.15. The molecule has 96 valence electrons. The minimum absolute atomic E-state index is 0.0753. The minimum Gasteiger partial charge on any atom is -0.271 e. The lowest BCUT2D eigenvalue weighted by molar-refractivity contribution is 0.479. The summed E-state index contributed by atoms with van der Waals surface area (Å²) >= 11 is 0. The number of benzene rings is 1. The number of hydrogen-bond acceptors (Lipinski definition) is 4. The Bertz CT molecular complexity index is 488. The highest BCUT2D eigenvalue weighted by Gasteiger charge is 2.13. The van der Waals surface area contributed by atoms with E-state index in [9.17, 15) is 0 Å². The fourth-order valence-corrected chi connectivity index (χ4v) is 2.00. The van der Waals surface area contributed by atoms with Crippen LogP contribution in [0.5, 0.6) is 0 Å². The van der Waals surface area contributed by atoms with Gasteiger partial charge >= 0.3 is 0 Å². The topological polar surface area (TPSA) is 68.8 Å². The van der Waals surface area contributed by atoms with Gasteiger partial charge in [0.15, 0.2) is 0 Å². The Morgan fingerprint density at radius 2 is 2.06 bits per heavy atom. The zero-order valence-electron chi connectivity index (χ0n) is 10.8. The van der Waals surface area contributed by atoms with Gasteiger partial charge in [0.05, 0.1) is 17.9 Å². The van der Waals surface area contributed by atoms with Gasteiger partial charge in [-0.3, -0.25) is 16.0 Å². The van der Waals surface area contributed by atoms with E-state index in [-0.39, 0.29) is 6.04 Å². The van der Waals surface area contributed by atoms with Gasteiger partial charge in [-0.05, 0) is 25.3 Å². The van der Waals surface area contributed by atoms with Gasteiger partial charge in [0.1, 0.15) is 0 Å². The van der Waals surface area contributed by atoms with E-state index in [0.717, 1.165) is 18.5 Å². The van der Waals surface area contributed by atoms with Crippen molar-refractivity contribution in [3.05, 3.63) is 47.3 Å². The molecule has 0 spiro atoms. The maximum Gasteiger partial charge on any atom is 0.0766 e. The van der Waals surface area contributed by atoms with Crippen LogP contribution < -0.4 is 11.3 Å². The fraction of sp³-hybridized carbons (Fsp3) is 0.385. The highest BCUT2D eigenvalue weighted by molar-refractivity contribution is 5.21. The van der Waals surface area contributed by atoms with Crippen LogP contribution in [0.2, 0.25) is 0 Å². The highest BCUT2D eigenvalue weighted by Crippen LogP contribution is 2.17. The first kappa shape index (κ1) is 12.7. The highest BCUT2D eigenvalue weighted by atomic mass is 15.4. The molecule has 0 bridgehead atoms. The molecule has 0 saturated heterocycles. The molecule has 0 aliphatic heterocycles. The van der Waals surface area contributed by atoms with Crippen molar-refractivity contribution in [2.24, 2.45) is 12.9 Å². The summed E-state index contributed by atoms with van der Waals surface area (Å²) in [7, 11) is 1.87. The molecule has 0 fully saturated rings. The predicted molar refractivity (Wildman–Crippen MR) is 70.6 cm³/mol. The van der Waals surface area contributed by atoms with Crippen LogP contribution in [-0.4, -0.2) is 15.0 Å². The summed E-state index contributed by atoms with van der Waals surface area (Å²) in [5.41, 5.74) is 6.43. The molecule has 1 unspecified atom stereocenters. The predicted octanol–water partition coefficient (Wildman–Crippen LogP) is 1.26. The Hall–Kier alpha value is -1.72. The molecule has 0 aliphatic rings. The third kappa shape index (κ3) is 2.94. The maximum atomic E-state index is 5.60. The number of nitrogens with zero attached hydrogens (tertiary/aromatic N) is 3. The van der Waals surface area contributed by atoms with Gasteiger partial charge in [0, 0.05) is 7.05 Å². The Morgan fingerprint density at radius 3 is 2.61 bits per heavy atom. The van der Waals surface area contributed by atoms with Crippen molar-refractivity contribution in [2.45, 2.75) is 25.8 Å². The van der Waals surface area contributed by atoms with Gasteiger partial charge in [0.25, 0.3) is 0 Å². The molecule has 1 aromatic heterocycles. The number of nitrogens with one attached hydrogen (secondary N) is 1. The fourth-order valence-electron chi connectivity index (χ4n) is 2.00. The Balaban J connectivity index is 2.00. The third-order valence-corrected chi connectivity index (χ3v) is 3.15. The van der Waals surface area contributed by atoms with E-state index in [1.54, 1.807) is 10.9 Å². The van der Waals surface area contributed by atoms with Crippen molar-refractivity contribution in [1.29, 1.82) is 0 Å². The molecule has 1 aromatic carbocycles.